The van der Waals surface area contributed by atoms with Crippen molar-refractivity contribution in [1.29, 1.82) is 0 Å². The Labute approximate surface area is 128 Å². The summed E-state index contributed by atoms with van der Waals surface area (Å²) < 4.78 is 32.7. The Morgan fingerprint density at radius 2 is 1.90 bits per heavy atom. The summed E-state index contributed by atoms with van der Waals surface area (Å²) in [6, 6.07) is 5.18. The maximum atomic E-state index is 12.4. The molecule has 21 heavy (non-hydrogen) atoms. The molecule has 5 nitrogen and oxygen atoms in total. The molecule has 0 amide bonds. The van der Waals surface area contributed by atoms with Crippen LogP contribution >= 0.6 is 0 Å². The average molecular weight is 314 g/mol. The number of hydrogen-bond acceptors (Lipinski definition) is 4. The Kier molecular flexibility index (Phi) is 6.19. The van der Waals surface area contributed by atoms with E-state index in [0.29, 0.717) is 18.8 Å². The number of methoxy groups -OCH3 is 1. The van der Waals surface area contributed by atoms with Crippen molar-refractivity contribution in [3.05, 3.63) is 23.8 Å². The first-order valence-corrected chi connectivity index (χ1v) is 8.49. The van der Waals surface area contributed by atoms with Crippen molar-refractivity contribution < 1.29 is 13.2 Å². The lowest BCUT2D eigenvalue weighted by Gasteiger charge is -2.18. The van der Waals surface area contributed by atoms with Crippen LogP contribution in [0.1, 0.15) is 32.8 Å². The number of nitrogens with one attached hydrogen (secondary N) is 2. The van der Waals surface area contributed by atoms with Gasteiger partial charge in [0, 0.05) is 13.1 Å². The summed E-state index contributed by atoms with van der Waals surface area (Å²) in [6.45, 7) is 7.25. The summed E-state index contributed by atoms with van der Waals surface area (Å²) >= 11 is 0. The monoisotopic (exact) mass is 314 g/mol. The molecule has 0 radical (unpaired) electrons. The molecule has 0 saturated carbocycles. The van der Waals surface area contributed by atoms with Gasteiger partial charge in [-0.2, -0.15) is 0 Å². The topological polar surface area (TPSA) is 67.4 Å². The first-order valence-electron chi connectivity index (χ1n) is 7.01. The van der Waals surface area contributed by atoms with Crippen LogP contribution in [0.4, 0.5) is 0 Å². The van der Waals surface area contributed by atoms with Gasteiger partial charge in [-0.1, -0.05) is 26.8 Å². The molecule has 0 unspecified atom stereocenters. The Bertz CT molecular complexity index is 563. The van der Waals surface area contributed by atoms with Crippen LogP contribution in [0.2, 0.25) is 0 Å². The zero-order chi connectivity index (χ0) is 16.1. The Hall–Kier alpha value is -1.11. The number of benzene rings is 1. The second-order valence-electron chi connectivity index (χ2n) is 6.22. The molecular formula is C15H26N2O3S. The molecule has 0 aliphatic carbocycles. The van der Waals surface area contributed by atoms with Crippen LogP contribution in [0, 0.1) is 5.41 Å². The molecule has 0 atom stereocenters. The van der Waals surface area contributed by atoms with Gasteiger partial charge in [0.05, 0.1) is 7.11 Å². The molecule has 1 rings (SSSR count). The van der Waals surface area contributed by atoms with Crippen LogP contribution in [-0.4, -0.2) is 29.1 Å². The maximum absolute atomic E-state index is 12.4. The highest BCUT2D eigenvalue weighted by molar-refractivity contribution is 7.89. The number of sulfonamides is 1. The standard InChI is InChI=1S/C15H26N2O3S/c1-15(2,3)8-9-17-21(18,19)14-10-12(11-16-4)6-7-13(14)20-5/h6-7,10,16-17H,8-9,11H2,1-5H3. The van der Waals surface area contributed by atoms with Crippen molar-refractivity contribution in [2.45, 2.75) is 38.6 Å². The highest BCUT2D eigenvalue weighted by Gasteiger charge is 2.20. The molecule has 0 fully saturated rings. The highest BCUT2D eigenvalue weighted by Crippen LogP contribution is 2.25. The Morgan fingerprint density at radius 1 is 1.24 bits per heavy atom. The van der Waals surface area contributed by atoms with Crippen LogP contribution < -0.4 is 14.8 Å². The highest BCUT2D eigenvalue weighted by atomic mass is 32.2. The maximum Gasteiger partial charge on any atom is 0.244 e. The van der Waals surface area contributed by atoms with E-state index in [-0.39, 0.29) is 10.3 Å². The minimum Gasteiger partial charge on any atom is -0.495 e. The molecule has 1 aromatic rings. The van der Waals surface area contributed by atoms with E-state index >= 15 is 0 Å². The molecule has 1 aromatic carbocycles. The van der Waals surface area contributed by atoms with Crippen LogP contribution in [-0.2, 0) is 16.6 Å². The van der Waals surface area contributed by atoms with E-state index in [2.05, 4.69) is 30.8 Å². The lowest BCUT2D eigenvalue weighted by atomic mass is 9.93. The molecule has 0 saturated heterocycles. The van der Waals surface area contributed by atoms with Crippen molar-refractivity contribution in [3.63, 3.8) is 0 Å². The van der Waals surface area contributed by atoms with Gasteiger partial charge in [0.25, 0.3) is 0 Å². The summed E-state index contributed by atoms with van der Waals surface area (Å²) in [6.07, 6.45) is 0.769. The van der Waals surface area contributed by atoms with Crippen molar-refractivity contribution in [1.82, 2.24) is 10.0 Å². The third-order valence-electron chi connectivity index (χ3n) is 3.07. The lowest BCUT2D eigenvalue weighted by molar-refractivity contribution is 0.377. The van der Waals surface area contributed by atoms with Crippen LogP contribution in [0.15, 0.2) is 23.1 Å². The zero-order valence-corrected chi connectivity index (χ0v) is 14.3. The molecule has 0 heterocycles. The van der Waals surface area contributed by atoms with E-state index in [9.17, 15) is 8.42 Å². The second kappa shape index (κ2) is 7.24. The number of ether oxygens (including phenoxy) is 1. The zero-order valence-electron chi connectivity index (χ0n) is 13.5. The number of rotatable bonds is 7. The minimum atomic E-state index is -3.57. The largest absolute Gasteiger partial charge is 0.495 e. The summed E-state index contributed by atoms with van der Waals surface area (Å²) in [4.78, 5) is 0.187. The minimum absolute atomic E-state index is 0.0839. The summed E-state index contributed by atoms with van der Waals surface area (Å²) in [5.74, 6) is 0.359. The molecule has 6 heteroatoms. The molecule has 120 valence electrons. The number of hydrogen-bond donors (Lipinski definition) is 2. The third-order valence-corrected chi connectivity index (χ3v) is 4.55. The van der Waals surface area contributed by atoms with E-state index in [0.717, 1.165) is 12.0 Å². The third kappa shape index (κ3) is 5.65. The van der Waals surface area contributed by atoms with E-state index in [1.807, 2.05) is 13.1 Å². The van der Waals surface area contributed by atoms with Gasteiger partial charge in [0.15, 0.2) is 0 Å². The Balaban J connectivity index is 2.97. The second-order valence-corrected chi connectivity index (χ2v) is 7.96. The van der Waals surface area contributed by atoms with Crippen LogP contribution in [0.3, 0.4) is 0 Å². The van der Waals surface area contributed by atoms with Gasteiger partial charge in [-0.05, 0) is 36.6 Å². The van der Waals surface area contributed by atoms with Crippen molar-refractivity contribution in [3.8, 4) is 5.75 Å². The van der Waals surface area contributed by atoms with Crippen LogP contribution in [0.25, 0.3) is 0 Å². The molecule has 0 aromatic heterocycles. The van der Waals surface area contributed by atoms with E-state index in [1.54, 1.807) is 12.1 Å². The van der Waals surface area contributed by atoms with E-state index in [1.165, 1.54) is 7.11 Å². The van der Waals surface area contributed by atoms with Gasteiger partial charge in [-0.25, -0.2) is 13.1 Å². The SMILES string of the molecule is CNCc1ccc(OC)c(S(=O)(=O)NCCC(C)(C)C)c1. The molecular weight excluding hydrogens is 288 g/mol. The van der Waals surface area contributed by atoms with Gasteiger partial charge in [0.2, 0.25) is 10.0 Å². The summed E-state index contributed by atoms with van der Waals surface area (Å²) in [5, 5.41) is 3.01. The normalized spacial score (nSPS) is 12.4. The molecule has 2 N–H and O–H groups in total. The average Bonchev–Trinajstić information content (AvgIpc) is 2.37. The predicted octanol–water partition coefficient (Wildman–Crippen LogP) is 2.13. The lowest BCUT2D eigenvalue weighted by Crippen LogP contribution is -2.28. The van der Waals surface area contributed by atoms with Gasteiger partial charge < -0.3 is 10.1 Å². The van der Waals surface area contributed by atoms with E-state index in [4.69, 9.17) is 4.74 Å². The summed E-state index contributed by atoms with van der Waals surface area (Å²) in [7, 11) is -0.276. The first kappa shape index (κ1) is 17.9. The quantitative estimate of drug-likeness (QED) is 0.809. The fourth-order valence-corrected chi connectivity index (χ4v) is 3.13. The molecule has 0 bridgehead atoms. The van der Waals surface area contributed by atoms with Crippen molar-refractivity contribution in [2.24, 2.45) is 5.41 Å². The van der Waals surface area contributed by atoms with Gasteiger partial charge in [0.1, 0.15) is 10.6 Å². The van der Waals surface area contributed by atoms with Gasteiger partial charge >= 0.3 is 0 Å². The first-order chi connectivity index (χ1) is 9.69. The fourth-order valence-electron chi connectivity index (χ4n) is 1.88. The predicted molar refractivity (Wildman–Crippen MR) is 85.0 cm³/mol. The smallest absolute Gasteiger partial charge is 0.244 e. The fraction of sp³-hybridized carbons (Fsp3) is 0.600. The van der Waals surface area contributed by atoms with Crippen LogP contribution in [0.5, 0.6) is 5.75 Å². The van der Waals surface area contributed by atoms with E-state index < -0.39 is 10.0 Å². The van der Waals surface area contributed by atoms with Crippen molar-refractivity contribution >= 4 is 10.0 Å². The van der Waals surface area contributed by atoms with Gasteiger partial charge in [-0.15, -0.1) is 0 Å². The molecule has 0 aliphatic heterocycles. The summed E-state index contributed by atoms with van der Waals surface area (Å²) in [5.41, 5.74) is 0.982. The molecule has 0 aliphatic rings. The van der Waals surface area contributed by atoms with Gasteiger partial charge in [-0.3, -0.25) is 0 Å². The van der Waals surface area contributed by atoms with Crippen molar-refractivity contribution in [2.75, 3.05) is 20.7 Å². The molecule has 0 spiro atoms. The Morgan fingerprint density at radius 3 is 2.43 bits per heavy atom.